The summed E-state index contributed by atoms with van der Waals surface area (Å²) in [5.41, 5.74) is 1.58. The lowest BCUT2D eigenvalue weighted by molar-refractivity contribution is -0.118. The van der Waals surface area contributed by atoms with Gasteiger partial charge in [-0.3, -0.25) is 4.79 Å². The number of halogens is 1. The number of rotatable bonds is 6. The molecule has 3 aromatic rings. The number of carbonyl (C=O) groups is 1. The van der Waals surface area contributed by atoms with Crippen molar-refractivity contribution >= 4 is 39.9 Å². The maximum absolute atomic E-state index is 12.6. The van der Waals surface area contributed by atoms with Crippen molar-refractivity contribution in [2.24, 2.45) is 0 Å². The predicted octanol–water partition coefficient (Wildman–Crippen LogP) is 3.61. The first-order chi connectivity index (χ1) is 15.0. The largest absolute Gasteiger partial charge is 0.484 e. The molecular formula is C23H24ClN3O4. The Balaban J connectivity index is 1.42. The zero-order valence-electron chi connectivity index (χ0n) is 17.3. The van der Waals surface area contributed by atoms with Crippen molar-refractivity contribution < 1.29 is 13.9 Å². The lowest BCUT2D eigenvalue weighted by Crippen LogP contribution is -2.46. The Kier molecular flexibility index (Phi) is 6.44. The normalized spacial score (nSPS) is 14.6. The van der Waals surface area contributed by atoms with Crippen LogP contribution in [0.1, 0.15) is 6.92 Å². The van der Waals surface area contributed by atoms with Crippen molar-refractivity contribution in [3.63, 3.8) is 0 Å². The summed E-state index contributed by atoms with van der Waals surface area (Å²) in [5, 5.41) is 4.25. The summed E-state index contributed by atoms with van der Waals surface area (Å²) in [6.45, 7) is 6.74. The van der Waals surface area contributed by atoms with Gasteiger partial charge in [0.25, 0.3) is 5.91 Å². The Hall–Kier alpha value is -3.03. The van der Waals surface area contributed by atoms with E-state index in [1.54, 1.807) is 30.3 Å². The molecule has 1 aliphatic heterocycles. The first-order valence-electron chi connectivity index (χ1n) is 10.3. The summed E-state index contributed by atoms with van der Waals surface area (Å²) >= 11 is 6.18. The number of hydrogen-bond donors (Lipinski definition) is 1. The number of carbonyl (C=O) groups excluding carboxylic acids is 1. The van der Waals surface area contributed by atoms with Gasteiger partial charge in [-0.1, -0.05) is 18.5 Å². The number of nitrogens with one attached hydrogen (secondary N) is 1. The molecule has 0 atom stereocenters. The minimum atomic E-state index is -0.435. The molecular weight excluding hydrogens is 418 g/mol. The molecule has 8 heteroatoms. The summed E-state index contributed by atoms with van der Waals surface area (Å²) in [5.74, 6) is 0.143. The van der Waals surface area contributed by atoms with Crippen LogP contribution in [0.2, 0.25) is 5.02 Å². The first kappa shape index (κ1) is 21.2. The van der Waals surface area contributed by atoms with E-state index in [0.717, 1.165) is 43.8 Å². The highest BCUT2D eigenvalue weighted by Gasteiger charge is 2.19. The van der Waals surface area contributed by atoms with Crippen LogP contribution < -0.4 is 20.6 Å². The summed E-state index contributed by atoms with van der Waals surface area (Å²) in [6.07, 6.45) is 0. The average molecular weight is 442 g/mol. The van der Waals surface area contributed by atoms with Crippen LogP contribution in [-0.4, -0.2) is 50.1 Å². The van der Waals surface area contributed by atoms with Gasteiger partial charge in [-0.25, -0.2) is 4.79 Å². The molecule has 2 aromatic carbocycles. The maximum atomic E-state index is 12.6. The molecule has 1 N–H and O–H groups in total. The SMILES string of the molecule is CCN1CCN(c2ccc(Cl)cc2NC(=O)COc2ccc3ccc(=O)oc3c2)CC1. The number of anilines is 2. The minimum Gasteiger partial charge on any atom is -0.484 e. The van der Waals surface area contributed by atoms with Gasteiger partial charge in [0.05, 0.1) is 11.4 Å². The van der Waals surface area contributed by atoms with E-state index in [0.29, 0.717) is 22.0 Å². The second-order valence-electron chi connectivity index (χ2n) is 7.37. The molecule has 1 saturated heterocycles. The number of fused-ring (bicyclic) bond motifs is 1. The molecule has 0 aliphatic carbocycles. The molecule has 4 rings (SSSR count). The van der Waals surface area contributed by atoms with Gasteiger partial charge in [-0.05, 0) is 42.9 Å². The van der Waals surface area contributed by atoms with Crippen LogP contribution in [0.25, 0.3) is 11.0 Å². The molecule has 0 saturated carbocycles. The van der Waals surface area contributed by atoms with Gasteiger partial charge in [0.2, 0.25) is 0 Å². The van der Waals surface area contributed by atoms with Crippen molar-refractivity contribution in [3.8, 4) is 5.75 Å². The van der Waals surface area contributed by atoms with E-state index in [4.69, 9.17) is 20.8 Å². The van der Waals surface area contributed by atoms with Gasteiger partial charge in [0, 0.05) is 48.7 Å². The Bertz CT molecular complexity index is 1140. The second-order valence-corrected chi connectivity index (χ2v) is 7.81. The fraction of sp³-hybridized carbons (Fsp3) is 0.304. The Morgan fingerprint density at radius 2 is 1.87 bits per heavy atom. The van der Waals surface area contributed by atoms with E-state index in [1.807, 2.05) is 12.1 Å². The minimum absolute atomic E-state index is 0.182. The Morgan fingerprint density at radius 1 is 1.10 bits per heavy atom. The van der Waals surface area contributed by atoms with E-state index < -0.39 is 5.63 Å². The van der Waals surface area contributed by atoms with Gasteiger partial charge in [-0.2, -0.15) is 0 Å². The Labute approximate surface area is 185 Å². The van der Waals surface area contributed by atoms with Crippen molar-refractivity contribution in [1.82, 2.24) is 4.90 Å². The topological polar surface area (TPSA) is 75.0 Å². The maximum Gasteiger partial charge on any atom is 0.336 e. The highest BCUT2D eigenvalue weighted by atomic mass is 35.5. The number of ether oxygens (including phenoxy) is 1. The van der Waals surface area contributed by atoms with Crippen molar-refractivity contribution in [2.75, 3.05) is 49.5 Å². The van der Waals surface area contributed by atoms with Gasteiger partial charge >= 0.3 is 5.63 Å². The highest BCUT2D eigenvalue weighted by Crippen LogP contribution is 2.30. The van der Waals surface area contributed by atoms with Gasteiger partial charge in [0.1, 0.15) is 11.3 Å². The molecule has 0 bridgehead atoms. The van der Waals surface area contributed by atoms with Crippen LogP contribution in [0.4, 0.5) is 11.4 Å². The summed E-state index contributed by atoms with van der Waals surface area (Å²) in [4.78, 5) is 28.6. The summed E-state index contributed by atoms with van der Waals surface area (Å²) in [7, 11) is 0. The second kappa shape index (κ2) is 9.41. The summed E-state index contributed by atoms with van der Waals surface area (Å²) in [6, 6.07) is 13.7. The van der Waals surface area contributed by atoms with E-state index in [1.165, 1.54) is 6.07 Å². The molecule has 1 aliphatic rings. The van der Waals surface area contributed by atoms with E-state index >= 15 is 0 Å². The fourth-order valence-electron chi connectivity index (χ4n) is 3.66. The van der Waals surface area contributed by atoms with E-state index in [9.17, 15) is 9.59 Å². The monoisotopic (exact) mass is 441 g/mol. The summed E-state index contributed by atoms with van der Waals surface area (Å²) < 4.78 is 10.8. The lowest BCUT2D eigenvalue weighted by atomic mass is 10.2. The van der Waals surface area contributed by atoms with Crippen molar-refractivity contribution in [3.05, 3.63) is 64.0 Å². The zero-order chi connectivity index (χ0) is 21.8. The smallest absolute Gasteiger partial charge is 0.336 e. The Morgan fingerprint density at radius 3 is 2.65 bits per heavy atom. The quantitative estimate of drug-likeness (QED) is 0.589. The van der Waals surface area contributed by atoms with Crippen LogP contribution in [0, 0.1) is 0 Å². The van der Waals surface area contributed by atoms with Gasteiger partial charge in [-0.15, -0.1) is 0 Å². The third-order valence-electron chi connectivity index (χ3n) is 5.36. The highest BCUT2D eigenvalue weighted by molar-refractivity contribution is 6.31. The fourth-order valence-corrected chi connectivity index (χ4v) is 3.83. The standard InChI is InChI=1S/C23H24ClN3O4/c1-2-26-9-11-27(12-10-26)20-7-5-17(24)13-19(20)25-22(28)15-30-18-6-3-16-4-8-23(29)31-21(16)14-18/h3-8,13-14H,2,9-12,15H2,1H3,(H,25,28). The molecule has 1 aromatic heterocycles. The average Bonchev–Trinajstić information content (AvgIpc) is 2.77. The molecule has 0 unspecified atom stereocenters. The van der Waals surface area contributed by atoms with Crippen molar-refractivity contribution in [2.45, 2.75) is 6.92 Å². The molecule has 1 amide bonds. The van der Waals surface area contributed by atoms with Crippen LogP contribution in [0.5, 0.6) is 5.75 Å². The third kappa shape index (κ3) is 5.18. The molecule has 31 heavy (non-hydrogen) atoms. The number of hydrogen-bond acceptors (Lipinski definition) is 6. The predicted molar refractivity (Wildman–Crippen MR) is 122 cm³/mol. The number of piperazine rings is 1. The van der Waals surface area contributed by atoms with Crippen molar-refractivity contribution in [1.29, 1.82) is 0 Å². The molecule has 7 nitrogen and oxygen atoms in total. The molecule has 2 heterocycles. The van der Waals surface area contributed by atoms with Gasteiger partial charge in [0.15, 0.2) is 6.61 Å². The van der Waals surface area contributed by atoms with E-state index in [-0.39, 0.29) is 12.5 Å². The molecule has 0 spiro atoms. The lowest BCUT2D eigenvalue weighted by Gasteiger charge is -2.36. The molecule has 0 radical (unpaired) electrons. The first-order valence-corrected chi connectivity index (χ1v) is 10.6. The van der Waals surface area contributed by atoms with Crippen LogP contribution in [0.3, 0.4) is 0 Å². The molecule has 162 valence electrons. The molecule has 1 fully saturated rings. The number of nitrogens with zero attached hydrogens (tertiary/aromatic N) is 2. The van der Waals surface area contributed by atoms with Crippen LogP contribution in [-0.2, 0) is 4.79 Å². The third-order valence-corrected chi connectivity index (χ3v) is 5.59. The van der Waals surface area contributed by atoms with Crippen LogP contribution >= 0.6 is 11.6 Å². The van der Waals surface area contributed by atoms with Crippen LogP contribution in [0.15, 0.2) is 57.7 Å². The number of benzene rings is 2. The number of amides is 1. The van der Waals surface area contributed by atoms with E-state index in [2.05, 4.69) is 22.0 Å². The van der Waals surface area contributed by atoms with Gasteiger partial charge < -0.3 is 24.3 Å². The number of likely N-dealkylation sites (N-methyl/N-ethyl adjacent to an activating group) is 1. The zero-order valence-corrected chi connectivity index (χ0v) is 18.0.